The highest BCUT2D eigenvalue weighted by atomic mass is 32.2. The highest BCUT2D eigenvalue weighted by molar-refractivity contribution is 7.98. The van der Waals surface area contributed by atoms with Crippen molar-refractivity contribution in [2.24, 2.45) is 0 Å². The van der Waals surface area contributed by atoms with E-state index in [-0.39, 0.29) is 23.2 Å². The largest absolute Gasteiger partial charge is 0.432 e. The number of nitro groups is 1. The normalized spacial score (nSPS) is 10.2. The first kappa shape index (κ1) is 15.0. The number of rotatable bonds is 5. The fraction of sp³-hybridized carbons (Fsp3) is 0.231. The summed E-state index contributed by atoms with van der Waals surface area (Å²) in [7, 11) is 1.64. The Morgan fingerprint density at radius 1 is 1.33 bits per heavy atom. The maximum absolute atomic E-state index is 11.2. The molecule has 21 heavy (non-hydrogen) atoms. The molecule has 1 heterocycles. The van der Waals surface area contributed by atoms with Crippen LogP contribution in [0.4, 0.5) is 11.6 Å². The molecule has 0 aliphatic carbocycles. The molecule has 110 valence electrons. The Labute approximate surface area is 125 Å². The van der Waals surface area contributed by atoms with E-state index < -0.39 is 4.92 Å². The number of aromatic nitrogens is 2. The number of aryl methyl sites for hydroxylation is 1. The Hall–Kier alpha value is -2.35. The van der Waals surface area contributed by atoms with E-state index >= 15 is 0 Å². The minimum atomic E-state index is -0.536. The van der Waals surface area contributed by atoms with Gasteiger partial charge in [-0.1, -0.05) is 12.1 Å². The Kier molecular flexibility index (Phi) is 4.59. The third-order valence-electron chi connectivity index (χ3n) is 2.71. The lowest BCUT2D eigenvalue weighted by molar-refractivity contribution is -0.386. The number of hydrogen-bond acceptors (Lipinski definition) is 7. The molecule has 0 amide bonds. The van der Waals surface area contributed by atoms with E-state index in [1.165, 1.54) is 11.8 Å². The first-order chi connectivity index (χ1) is 10.1. The van der Waals surface area contributed by atoms with Gasteiger partial charge in [0.2, 0.25) is 5.95 Å². The summed E-state index contributed by atoms with van der Waals surface area (Å²) in [5.74, 6) is 0.723. The van der Waals surface area contributed by atoms with Crippen LogP contribution < -0.4 is 10.1 Å². The first-order valence-corrected chi connectivity index (χ1v) is 7.31. The van der Waals surface area contributed by atoms with Crippen molar-refractivity contribution in [1.82, 2.24) is 9.97 Å². The molecule has 0 spiro atoms. The number of thioether (sulfide) groups is 1. The molecule has 1 aromatic carbocycles. The highest BCUT2D eigenvalue weighted by Crippen LogP contribution is 2.36. The summed E-state index contributed by atoms with van der Waals surface area (Å²) in [5, 5.41) is 14.0. The number of para-hydroxylation sites is 1. The van der Waals surface area contributed by atoms with E-state index in [4.69, 9.17) is 4.74 Å². The average Bonchev–Trinajstić information content (AvgIpc) is 2.46. The lowest BCUT2D eigenvalue weighted by Gasteiger charge is -2.10. The molecule has 0 fully saturated rings. The second kappa shape index (κ2) is 6.40. The van der Waals surface area contributed by atoms with E-state index in [1.54, 1.807) is 26.1 Å². The van der Waals surface area contributed by atoms with E-state index in [0.29, 0.717) is 5.75 Å². The van der Waals surface area contributed by atoms with Crippen molar-refractivity contribution in [3.63, 3.8) is 0 Å². The number of benzene rings is 1. The summed E-state index contributed by atoms with van der Waals surface area (Å²) >= 11 is 1.49. The fourth-order valence-corrected chi connectivity index (χ4v) is 2.27. The molecule has 8 heteroatoms. The Bertz CT molecular complexity index is 678. The number of nitrogens with zero attached hydrogens (tertiary/aromatic N) is 3. The predicted octanol–water partition coefficient (Wildman–Crippen LogP) is 3.25. The van der Waals surface area contributed by atoms with Crippen molar-refractivity contribution in [3.8, 4) is 11.6 Å². The second-order valence-corrected chi connectivity index (χ2v) is 4.89. The van der Waals surface area contributed by atoms with Crippen molar-refractivity contribution in [2.45, 2.75) is 11.8 Å². The third-order valence-corrected chi connectivity index (χ3v) is 3.49. The Morgan fingerprint density at radius 3 is 2.67 bits per heavy atom. The summed E-state index contributed by atoms with van der Waals surface area (Å²) in [5.41, 5.74) is 0.0147. The van der Waals surface area contributed by atoms with Crippen molar-refractivity contribution in [1.29, 1.82) is 0 Å². The van der Waals surface area contributed by atoms with Gasteiger partial charge in [0.05, 0.1) is 4.92 Å². The second-order valence-electron chi connectivity index (χ2n) is 4.05. The van der Waals surface area contributed by atoms with E-state index in [0.717, 1.165) is 4.90 Å². The molecule has 0 aliphatic rings. The average molecular weight is 306 g/mol. The molecule has 0 aliphatic heterocycles. The summed E-state index contributed by atoms with van der Waals surface area (Å²) in [4.78, 5) is 19.6. The van der Waals surface area contributed by atoms with Gasteiger partial charge in [-0.05, 0) is 25.3 Å². The maximum atomic E-state index is 11.2. The number of anilines is 1. The monoisotopic (exact) mass is 306 g/mol. The van der Waals surface area contributed by atoms with Crippen LogP contribution in [0.5, 0.6) is 11.6 Å². The molecule has 2 aromatic rings. The summed E-state index contributed by atoms with van der Waals surface area (Å²) < 4.78 is 5.66. The zero-order chi connectivity index (χ0) is 15.4. The third kappa shape index (κ3) is 3.22. The van der Waals surface area contributed by atoms with Gasteiger partial charge in [0.1, 0.15) is 11.4 Å². The van der Waals surface area contributed by atoms with Crippen LogP contribution in [-0.2, 0) is 0 Å². The van der Waals surface area contributed by atoms with E-state index in [9.17, 15) is 10.1 Å². The molecule has 0 saturated heterocycles. The van der Waals surface area contributed by atoms with Gasteiger partial charge in [0.25, 0.3) is 0 Å². The summed E-state index contributed by atoms with van der Waals surface area (Å²) in [6, 6.07) is 7.29. The highest BCUT2D eigenvalue weighted by Gasteiger charge is 2.24. The van der Waals surface area contributed by atoms with Gasteiger partial charge in [-0.15, -0.1) is 11.8 Å². The van der Waals surface area contributed by atoms with Crippen LogP contribution in [-0.4, -0.2) is 28.2 Å². The molecular formula is C13H14N4O3S. The molecule has 0 unspecified atom stereocenters. The van der Waals surface area contributed by atoms with Crippen molar-refractivity contribution in [3.05, 3.63) is 40.1 Å². The molecule has 0 atom stereocenters. The van der Waals surface area contributed by atoms with Gasteiger partial charge in [-0.2, -0.15) is 4.98 Å². The van der Waals surface area contributed by atoms with Gasteiger partial charge in [0.15, 0.2) is 0 Å². The van der Waals surface area contributed by atoms with Crippen LogP contribution in [0, 0.1) is 17.0 Å². The van der Waals surface area contributed by atoms with Crippen LogP contribution in [0.1, 0.15) is 5.69 Å². The van der Waals surface area contributed by atoms with Crippen LogP contribution >= 0.6 is 11.8 Å². The Balaban J connectivity index is 2.52. The van der Waals surface area contributed by atoms with Crippen molar-refractivity contribution in [2.75, 3.05) is 18.6 Å². The topological polar surface area (TPSA) is 90.2 Å². The molecule has 0 saturated carbocycles. The lowest BCUT2D eigenvalue weighted by atomic mass is 10.3. The minimum Gasteiger partial charge on any atom is -0.432 e. The van der Waals surface area contributed by atoms with Gasteiger partial charge in [-0.25, -0.2) is 4.98 Å². The number of hydrogen-bond donors (Lipinski definition) is 1. The smallest absolute Gasteiger partial charge is 0.352 e. The maximum Gasteiger partial charge on any atom is 0.352 e. The lowest BCUT2D eigenvalue weighted by Crippen LogP contribution is -2.05. The van der Waals surface area contributed by atoms with Crippen molar-refractivity contribution < 1.29 is 9.66 Å². The quantitative estimate of drug-likeness (QED) is 0.515. The standard InChI is InChI=1S/C13H14N4O3S/c1-8-11(17(18)19)12(16-13(14-2)15-8)20-9-6-4-5-7-10(9)21-3/h4-7H,1-3H3,(H,14,15,16). The first-order valence-electron chi connectivity index (χ1n) is 6.08. The zero-order valence-electron chi connectivity index (χ0n) is 11.8. The van der Waals surface area contributed by atoms with E-state index in [2.05, 4.69) is 15.3 Å². The van der Waals surface area contributed by atoms with E-state index in [1.807, 2.05) is 18.4 Å². The van der Waals surface area contributed by atoms with Crippen LogP contribution in [0.2, 0.25) is 0 Å². The van der Waals surface area contributed by atoms with Gasteiger partial charge in [0, 0.05) is 11.9 Å². The van der Waals surface area contributed by atoms with Gasteiger partial charge < -0.3 is 10.1 Å². The molecular weight excluding hydrogens is 292 g/mol. The van der Waals surface area contributed by atoms with Gasteiger partial charge in [-0.3, -0.25) is 10.1 Å². The molecule has 7 nitrogen and oxygen atoms in total. The SMILES string of the molecule is CNc1nc(C)c([N+](=O)[O-])c(Oc2ccccc2SC)n1. The molecule has 2 rings (SSSR count). The Morgan fingerprint density at radius 2 is 2.05 bits per heavy atom. The molecule has 1 N–H and O–H groups in total. The molecule has 0 radical (unpaired) electrons. The van der Waals surface area contributed by atoms with Crippen LogP contribution in [0.25, 0.3) is 0 Å². The zero-order valence-corrected chi connectivity index (χ0v) is 12.6. The number of ether oxygens (including phenoxy) is 1. The van der Waals surface area contributed by atoms with Crippen LogP contribution in [0.3, 0.4) is 0 Å². The fourth-order valence-electron chi connectivity index (χ4n) is 1.74. The van der Waals surface area contributed by atoms with Crippen LogP contribution in [0.15, 0.2) is 29.2 Å². The number of nitrogens with one attached hydrogen (secondary N) is 1. The summed E-state index contributed by atoms with van der Waals surface area (Å²) in [6.07, 6.45) is 1.90. The molecule has 0 bridgehead atoms. The molecule has 1 aromatic heterocycles. The van der Waals surface area contributed by atoms with Gasteiger partial charge >= 0.3 is 11.6 Å². The minimum absolute atomic E-state index is 0.0710. The summed E-state index contributed by atoms with van der Waals surface area (Å²) in [6.45, 7) is 1.55. The predicted molar refractivity (Wildman–Crippen MR) is 81.3 cm³/mol. The van der Waals surface area contributed by atoms with Crippen molar-refractivity contribution >= 4 is 23.4 Å².